The largest absolute Gasteiger partial charge is 0.369 e. The zero-order chi connectivity index (χ0) is 15.2. The lowest BCUT2D eigenvalue weighted by Crippen LogP contribution is -2.48. The van der Waals surface area contributed by atoms with Gasteiger partial charge in [-0.1, -0.05) is 26.0 Å². The van der Waals surface area contributed by atoms with E-state index in [0.717, 1.165) is 45.2 Å². The number of piperazine rings is 1. The molecule has 2 rings (SSSR count). The number of nitrogens with zero attached hydrogens (tertiary/aromatic N) is 2. The summed E-state index contributed by atoms with van der Waals surface area (Å²) in [7, 11) is 0. The molecule has 21 heavy (non-hydrogen) atoms. The molecule has 1 unspecified atom stereocenters. The summed E-state index contributed by atoms with van der Waals surface area (Å²) in [6, 6.07) is 8.84. The van der Waals surface area contributed by atoms with Gasteiger partial charge >= 0.3 is 0 Å². The van der Waals surface area contributed by atoms with Crippen LogP contribution in [0.2, 0.25) is 0 Å². The van der Waals surface area contributed by atoms with Crippen LogP contribution in [-0.2, 0) is 0 Å². The summed E-state index contributed by atoms with van der Waals surface area (Å²) in [4.78, 5) is 5.09. The Hall–Kier alpha value is -1.06. The van der Waals surface area contributed by atoms with Crippen LogP contribution >= 0.6 is 0 Å². The summed E-state index contributed by atoms with van der Waals surface area (Å²) in [5.74, 6) is 1.39. The summed E-state index contributed by atoms with van der Waals surface area (Å²) in [6.07, 6.45) is 1.24. The Morgan fingerprint density at radius 2 is 1.86 bits per heavy atom. The zero-order valence-electron chi connectivity index (χ0n) is 13.9. The molecule has 1 aromatic rings. The number of benzene rings is 1. The van der Waals surface area contributed by atoms with E-state index in [1.807, 2.05) is 0 Å². The van der Waals surface area contributed by atoms with Crippen LogP contribution in [0.5, 0.6) is 0 Å². The van der Waals surface area contributed by atoms with Crippen LogP contribution in [-0.4, -0.2) is 44.2 Å². The minimum atomic E-state index is 0.649. The molecule has 2 N–H and O–H groups in total. The van der Waals surface area contributed by atoms with Crippen molar-refractivity contribution in [3.63, 3.8) is 0 Å². The predicted octanol–water partition coefficient (Wildman–Crippen LogP) is 2.74. The van der Waals surface area contributed by atoms with E-state index < -0.39 is 0 Å². The Morgan fingerprint density at radius 3 is 2.43 bits per heavy atom. The third-order valence-corrected chi connectivity index (χ3v) is 4.39. The minimum absolute atomic E-state index is 0.649. The van der Waals surface area contributed by atoms with E-state index in [9.17, 15) is 0 Å². The highest BCUT2D eigenvalue weighted by molar-refractivity contribution is 5.48. The predicted molar refractivity (Wildman–Crippen MR) is 91.8 cm³/mol. The van der Waals surface area contributed by atoms with Gasteiger partial charge in [-0.05, 0) is 49.4 Å². The first-order chi connectivity index (χ1) is 10.1. The summed E-state index contributed by atoms with van der Waals surface area (Å²) < 4.78 is 0. The fourth-order valence-electron chi connectivity index (χ4n) is 3.29. The van der Waals surface area contributed by atoms with Gasteiger partial charge in [0.15, 0.2) is 0 Å². The molecule has 0 spiro atoms. The van der Waals surface area contributed by atoms with Gasteiger partial charge in [0.05, 0.1) is 0 Å². The average molecular weight is 289 g/mol. The maximum atomic E-state index is 5.94. The molecule has 0 aliphatic carbocycles. The Bertz CT molecular complexity index is 422. The third kappa shape index (κ3) is 5.01. The molecular weight excluding hydrogens is 258 g/mol. The maximum Gasteiger partial charge on any atom is 0.0369 e. The van der Waals surface area contributed by atoms with Crippen molar-refractivity contribution in [2.24, 2.45) is 17.6 Å². The van der Waals surface area contributed by atoms with Crippen molar-refractivity contribution in [3.05, 3.63) is 29.8 Å². The number of hydrogen-bond acceptors (Lipinski definition) is 3. The molecule has 1 aliphatic heterocycles. The Balaban J connectivity index is 1.82. The van der Waals surface area contributed by atoms with Crippen molar-refractivity contribution in [1.29, 1.82) is 0 Å². The van der Waals surface area contributed by atoms with Gasteiger partial charge < -0.3 is 10.6 Å². The van der Waals surface area contributed by atoms with E-state index in [0.29, 0.717) is 5.92 Å². The smallest absolute Gasteiger partial charge is 0.0369 e. The van der Waals surface area contributed by atoms with Gasteiger partial charge in [-0.15, -0.1) is 0 Å². The first kappa shape index (κ1) is 16.3. The highest BCUT2D eigenvalue weighted by Crippen LogP contribution is 2.19. The summed E-state index contributed by atoms with van der Waals surface area (Å²) >= 11 is 0. The first-order valence-corrected chi connectivity index (χ1v) is 8.32. The topological polar surface area (TPSA) is 32.5 Å². The summed E-state index contributed by atoms with van der Waals surface area (Å²) in [5, 5.41) is 0. The van der Waals surface area contributed by atoms with Crippen molar-refractivity contribution in [2.45, 2.75) is 27.2 Å². The fraction of sp³-hybridized carbons (Fsp3) is 0.667. The van der Waals surface area contributed by atoms with Gasteiger partial charge in [0.2, 0.25) is 0 Å². The van der Waals surface area contributed by atoms with E-state index in [1.165, 1.54) is 17.7 Å². The van der Waals surface area contributed by atoms with Crippen LogP contribution in [0.15, 0.2) is 24.3 Å². The van der Waals surface area contributed by atoms with Crippen molar-refractivity contribution < 1.29 is 0 Å². The molecular formula is C18H31N3. The molecule has 1 aliphatic rings. The Kier molecular flexibility index (Phi) is 6.07. The molecule has 1 saturated heterocycles. The molecule has 118 valence electrons. The molecule has 1 atom stereocenters. The number of nitrogens with two attached hydrogens (primary N) is 1. The Morgan fingerprint density at radius 1 is 1.14 bits per heavy atom. The molecule has 1 aromatic carbocycles. The van der Waals surface area contributed by atoms with E-state index in [1.54, 1.807) is 0 Å². The van der Waals surface area contributed by atoms with Crippen molar-refractivity contribution in [1.82, 2.24) is 4.90 Å². The van der Waals surface area contributed by atoms with Gasteiger partial charge in [0.25, 0.3) is 0 Å². The SMILES string of the molecule is Cc1cccc(N2CCN(CC(CN)CC(C)C)CC2)c1. The highest BCUT2D eigenvalue weighted by Gasteiger charge is 2.20. The van der Waals surface area contributed by atoms with Crippen molar-refractivity contribution in [3.8, 4) is 0 Å². The molecule has 0 radical (unpaired) electrons. The van der Waals surface area contributed by atoms with E-state index in [-0.39, 0.29) is 0 Å². The standard InChI is InChI=1S/C18H31N3/c1-15(2)11-17(13-19)14-20-7-9-21(10-8-20)18-6-4-5-16(3)12-18/h4-6,12,15,17H,7-11,13-14,19H2,1-3H3. The van der Waals surface area contributed by atoms with Gasteiger partial charge in [-0.2, -0.15) is 0 Å². The monoisotopic (exact) mass is 289 g/mol. The average Bonchev–Trinajstić information content (AvgIpc) is 2.47. The number of hydrogen-bond donors (Lipinski definition) is 1. The third-order valence-electron chi connectivity index (χ3n) is 4.39. The molecule has 1 heterocycles. The highest BCUT2D eigenvalue weighted by atomic mass is 15.3. The fourth-order valence-corrected chi connectivity index (χ4v) is 3.29. The van der Waals surface area contributed by atoms with Gasteiger partial charge in [-0.3, -0.25) is 4.90 Å². The van der Waals surface area contributed by atoms with Crippen LogP contribution in [0.25, 0.3) is 0 Å². The number of anilines is 1. The van der Waals surface area contributed by atoms with Crippen LogP contribution in [0.4, 0.5) is 5.69 Å². The molecule has 3 heteroatoms. The minimum Gasteiger partial charge on any atom is -0.369 e. The van der Waals surface area contributed by atoms with Crippen LogP contribution in [0.3, 0.4) is 0 Å². The quantitative estimate of drug-likeness (QED) is 0.874. The van der Waals surface area contributed by atoms with Crippen molar-refractivity contribution in [2.75, 3.05) is 44.2 Å². The number of rotatable bonds is 6. The van der Waals surface area contributed by atoms with Crippen molar-refractivity contribution >= 4 is 5.69 Å². The lowest BCUT2D eigenvalue weighted by molar-refractivity contribution is 0.207. The summed E-state index contributed by atoms with van der Waals surface area (Å²) in [6.45, 7) is 13.3. The van der Waals surface area contributed by atoms with Crippen LogP contribution < -0.4 is 10.6 Å². The van der Waals surface area contributed by atoms with Gasteiger partial charge in [-0.25, -0.2) is 0 Å². The molecule has 3 nitrogen and oxygen atoms in total. The second-order valence-corrected chi connectivity index (χ2v) is 6.86. The molecule has 0 saturated carbocycles. The maximum absolute atomic E-state index is 5.94. The second kappa shape index (κ2) is 7.81. The summed E-state index contributed by atoms with van der Waals surface area (Å²) in [5.41, 5.74) is 8.65. The second-order valence-electron chi connectivity index (χ2n) is 6.86. The lowest BCUT2D eigenvalue weighted by Gasteiger charge is -2.37. The first-order valence-electron chi connectivity index (χ1n) is 8.32. The molecule has 0 bridgehead atoms. The molecule has 0 aromatic heterocycles. The Labute approximate surface area is 130 Å². The lowest BCUT2D eigenvalue weighted by atomic mass is 9.96. The van der Waals surface area contributed by atoms with Crippen LogP contribution in [0.1, 0.15) is 25.8 Å². The number of aryl methyl sites for hydroxylation is 1. The molecule has 1 fully saturated rings. The van der Waals surface area contributed by atoms with E-state index in [4.69, 9.17) is 5.73 Å². The van der Waals surface area contributed by atoms with E-state index >= 15 is 0 Å². The van der Waals surface area contributed by atoms with Gasteiger partial charge in [0.1, 0.15) is 0 Å². The zero-order valence-corrected chi connectivity index (χ0v) is 13.9. The van der Waals surface area contributed by atoms with Gasteiger partial charge in [0, 0.05) is 38.4 Å². The molecule has 0 amide bonds. The van der Waals surface area contributed by atoms with Crippen LogP contribution in [0, 0.1) is 18.8 Å². The normalized spacial score (nSPS) is 18.2. The van der Waals surface area contributed by atoms with E-state index in [2.05, 4.69) is 54.8 Å².